The minimum atomic E-state index is 0. The van der Waals surface area contributed by atoms with Gasteiger partial charge in [-0.25, -0.2) is 29.9 Å². The van der Waals surface area contributed by atoms with Crippen LogP contribution in [0.5, 0.6) is 0 Å². The first-order chi connectivity index (χ1) is 13.8. The average Bonchev–Trinajstić information content (AvgIpc) is 2.69. The van der Waals surface area contributed by atoms with Crippen LogP contribution in [0.15, 0.2) is 55.8 Å². The van der Waals surface area contributed by atoms with Crippen molar-refractivity contribution < 1.29 is 0 Å². The van der Waals surface area contributed by atoms with Crippen LogP contribution >= 0.6 is 0 Å². The SMILES string of the molecule is C.C.C.CC(C)(C)c1ccncn1.CC(C)(C)c1cncnc1.CC(C)(C)c1ncccn1. The third kappa shape index (κ3) is 14.1. The van der Waals surface area contributed by atoms with Crippen LogP contribution in [-0.2, 0) is 16.2 Å². The van der Waals surface area contributed by atoms with Gasteiger partial charge in [-0.3, -0.25) is 0 Å². The van der Waals surface area contributed by atoms with Crippen LogP contribution in [0.4, 0.5) is 0 Å². The van der Waals surface area contributed by atoms with Gasteiger partial charge in [-0.2, -0.15) is 0 Å². The summed E-state index contributed by atoms with van der Waals surface area (Å²) in [5, 5.41) is 0. The number of rotatable bonds is 0. The summed E-state index contributed by atoms with van der Waals surface area (Å²) in [7, 11) is 0. The molecule has 0 amide bonds. The Kier molecular flexibility index (Phi) is 16.0. The topological polar surface area (TPSA) is 77.3 Å². The largest absolute Gasteiger partial charge is 0.245 e. The van der Waals surface area contributed by atoms with Crippen molar-refractivity contribution in [2.45, 2.75) is 101 Å². The maximum Gasteiger partial charge on any atom is 0.133 e. The lowest BCUT2D eigenvalue weighted by Gasteiger charge is -2.16. The van der Waals surface area contributed by atoms with E-state index < -0.39 is 0 Å². The molecular formula is C27H48N6. The zero-order chi connectivity index (χ0) is 22.8. The first kappa shape index (κ1) is 34.8. The molecule has 3 heterocycles. The Bertz CT molecular complexity index is 713. The highest BCUT2D eigenvalue weighted by Crippen LogP contribution is 2.19. The van der Waals surface area contributed by atoms with Crippen molar-refractivity contribution in [3.05, 3.63) is 72.9 Å². The van der Waals surface area contributed by atoms with E-state index in [-0.39, 0.29) is 38.5 Å². The lowest BCUT2D eigenvalue weighted by atomic mass is 9.89. The van der Waals surface area contributed by atoms with Crippen LogP contribution in [0.3, 0.4) is 0 Å². The Morgan fingerprint density at radius 3 is 1.33 bits per heavy atom. The molecule has 0 spiro atoms. The maximum absolute atomic E-state index is 4.14. The molecule has 3 rings (SSSR count). The summed E-state index contributed by atoms with van der Waals surface area (Å²) in [5.74, 6) is 0.898. The standard InChI is InChI=1S/3C8H12N2.3CH4/c1-8(2,3)7-4-9-6-10-5-7;1-8(2,3)7-4-5-9-6-10-7;1-8(2,3)7-9-5-4-6-10-7;;;/h3*4-6H,1-3H3;3*1H4. The normalized spacial score (nSPS) is 10.5. The fourth-order valence-corrected chi connectivity index (χ4v) is 2.11. The quantitative estimate of drug-likeness (QED) is 0.355. The van der Waals surface area contributed by atoms with Gasteiger partial charge in [0.15, 0.2) is 0 Å². The molecule has 0 saturated heterocycles. The van der Waals surface area contributed by atoms with Crippen LogP contribution in [0.1, 0.15) is 102 Å². The lowest BCUT2D eigenvalue weighted by Crippen LogP contribution is -2.14. The van der Waals surface area contributed by atoms with Crippen molar-refractivity contribution in [2.24, 2.45) is 0 Å². The molecule has 0 aliphatic heterocycles. The van der Waals surface area contributed by atoms with Gasteiger partial charge in [-0.1, -0.05) is 84.6 Å². The van der Waals surface area contributed by atoms with E-state index in [4.69, 9.17) is 0 Å². The number of nitrogens with zero attached hydrogens (tertiary/aromatic N) is 6. The molecule has 0 atom stereocenters. The minimum absolute atomic E-state index is 0. The van der Waals surface area contributed by atoms with Gasteiger partial charge in [0.25, 0.3) is 0 Å². The van der Waals surface area contributed by atoms with Crippen molar-refractivity contribution in [1.29, 1.82) is 0 Å². The molecule has 0 aliphatic carbocycles. The fraction of sp³-hybridized carbons (Fsp3) is 0.556. The van der Waals surface area contributed by atoms with Gasteiger partial charge in [0.05, 0.1) is 0 Å². The third-order valence-electron chi connectivity index (χ3n) is 4.01. The van der Waals surface area contributed by atoms with E-state index in [1.807, 2.05) is 24.5 Å². The van der Waals surface area contributed by atoms with Crippen molar-refractivity contribution in [2.75, 3.05) is 0 Å². The molecule has 0 N–H and O–H groups in total. The molecule has 33 heavy (non-hydrogen) atoms. The second-order valence-electron chi connectivity index (χ2n) is 10.0. The molecule has 0 aliphatic rings. The summed E-state index contributed by atoms with van der Waals surface area (Å²) >= 11 is 0. The van der Waals surface area contributed by atoms with Crippen LogP contribution in [0, 0.1) is 0 Å². The highest BCUT2D eigenvalue weighted by Gasteiger charge is 2.15. The smallest absolute Gasteiger partial charge is 0.133 e. The van der Waals surface area contributed by atoms with Crippen molar-refractivity contribution in [3.63, 3.8) is 0 Å². The van der Waals surface area contributed by atoms with E-state index in [0.717, 1.165) is 11.5 Å². The van der Waals surface area contributed by atoms with E-state index in [1.54, 1.807) is 31.2 Å². The first-order valence-corrected chi connectivity index (χ1v) is 10.1. The van der Waals surface area contributed by atoms with Gasteiger partial charge < -0.3 is 0 Å². The van der Waals surface area contributed by atoms with E-state index in [9.17, 15) is 0 Å². The van der Waals surface area contributed by atoms with Gasteiger partial charge in [-0.05, 0) is 23.1 Å². The highest BCUT2D eigenvalue weighted by atomic mass is 14.9. The summed E-state index contributed by atoms with van der Waals surface area (Å²) in [6, 6.07) is 3.77. The number of hydrogen-bond donors (Lipinski definition) is 0. The summed E-state index contributed by atoms with van der Waals surface area (Å²) in [6.07, 6.45) is 12.2. The predicted molar refractivity (Wildman–Crippen MR) is 142 cm³/mol. The Morgan fingerprint density at radius 1 is 0.545 bits per heavy atom. The Morgan fingerprint density at radius 2 is 1.06 bits per heavy atom. The number of aromatic nitrogens is 6. The molecule has 0 bridgehead atoms. The van der Waals surface area contributed by atoms with Crippen molar-refractivity contribution in [3.8, 4) is 0 Å². The van der Waals surface area contributed by atoms with Crippen molar-refractivity contribution >= 4 is 0 Å². The minimum Gasteiger partial charge on any atom is -0.245 e. The molecule has 3 aromatic heterocycles. The van der Waals surface area contributed by atoms with Gasteiger partial charge in [0.2, 0.25) is 0 Å². The molecule has 6 nitrogen and oxygen atoms in total. The second kappa shape index (κ2) is 15.1. The Hall–Kier alpha value is -2.76. The Labute approximate surface area is 203 Å². The molecule has 0 saturated carbocycles. The summed E-state index contributed by atoms with van der Waals surface area (Å²) in [4.78, 5) is 24.1. The monoisotopic (exact) mass is 456 g/mol. The lowest BCUT2D eigenvalue weighted by molar-refractivity contribution is 0.545. The van der Waals surface area contributed by atoms with E-state index >= 15 is 0 Å². The van der Waals surface area contributed by atoms with Crippen LogP contribution in [-0.4, -0.2) is 29.9 Å². The van der Waals surface area contributed by atoms with Gasteiger partial charge in [0.1, 0.15) is 18.5 Å². The molecule has 0 aromatic carbocycles. The summed E-state index contributed by atoms with van der Waals surface area (Å²) in [6.45, 7) is 19.1. The average molecular weight is 457 g/mol. The van der Waals surface area contributed by atoms with Gasteiger partial charge in [-0.15, -0.1) is 0 Å². The molecule has 6 heteroatoms. The van der Waals surface area contributed by atoms with Gasteiger partial charge in [0, 0.05) is 47.5 Å². The highest BCUT2D eigenvalue weighted by molar-refractivity contribution is 5.13. The third-order valence-corrected chi connectivity index (χ3v) is 4.01. The van der Waals surface area contributed by atoms with Gasteiger partial charge >= 0.3 is 0 Å². The van der Waals surface area contributed by atoms with Crippen LogP contribution in [0.2, 0.25) is 0 Å². The molecule has 0 unspecified atom stereocenters. The molecule has 0 radical (unpaired) electrons. The first-order valence-electron chi connectivity index (χ1n) is 10.1. The molecular weight excluding hydrogens is 408 g/mol. The van der Waals surface area contributed by atoms with Crippen LogP contribution in [0.25, 0.3) is 0 Å². The summed E-state index contributed by atoms with van der Waals surface area (Å²) < 4.78 is 0. The second-order valence-corrected chi connectivity index (χ2v) is 10.0. The van der Waals surface area contributed by atoms with E-state index in [1.165, 1.54) is 5.56 Å². The predicted octanol–water partition coefficient (Wildman–Crippen LogP) is 7.23. The molecule has 0 fully saturated rings. The fourth-order valence-electron chi connectivity index (χ4n) is 2.11. The maximum atomic E-state index is 4.14. The number of hydrogen-bond acceptors (Lipinski definition) is 6. The molecule has 3 aromatic rings. The van der Waals surface area contributed by atoms with E-state index in [2.05, 4.69) is 92.2 Å². The molecule has 186 valence electrons. The van der Waals surface area contributed by atoms with Crippen molar-refractivity contribution in [1.82, 2.24) is 29.9 Å². The zero-order valence-corrected chi connectivity index (χ0v) is 19.9. The Balaban J connectivity index is -0.000000391. The summed E-state index contributed by atoms with van der Waals surface area (Å²) in [5.41, 5.74) is 2.64. The van der Waals surface area contributed by atoms with Crippen LogP contribution < -0.4 is 0 Å². The van der Waals surface area contributed by atoms with E-state index in [0.29, 0.717) is 0 Å². The zero-order valence-electron chi connectivity index (χ0n) is 19.9.